The van der Waals surface area contributed by atoms with E-state index in [1.807, 2.05) is 6.08 Å². The molecule has 0 amide bonds. The van der Waals surface area contributed by atoms with E-state index >= 15 is 0 Å². The topological polar surface area (TPSA) is 94.8 Å². The second-order valence-electron chi connectivity index (χ2n) is 7.22. The minimum absolute atomic E-state index is 0.110. The van der Waals surface area contributed by atoms with Gasteiger partial charge in [-0.25, -0.2) is 0 Å². The highest BCUT2D eigenvalue weighted by atomic mass is 16.4. The number of carbonyl (C=O) groups is 2. The number of hydrogen-bond acceptors (Lipinski definition) is 4. The summed E-state index contributed by atoms with van der Waals surface area (Å²) in [7, 11) is 0. The standard InChI is InChI=1S/C20H34O5/c1-2-3-6-10-16-17(19(23)14-18(16)22)13-12-15(21)9-7-4-5-8-11-20(24)25/h12-13,15-17,19,21,23H,2-11,14H2,1H3,(H,24,25)/b13-12+/t15-,16-,17+,19+/m1/s1. The van der Waals surface area contributed by atoms with E-state index in [2.05, 4.69) is 6.92 Å². The highest BCUT2D eigenvalue weighted by Gasteiger charge is 2.39. The van der Waals surface area contributed by atoms with E-state index in [0.717, 1.165) is 44.9 Å². The van der Waals surface area contributed by atoms with Crippen molar-refractivity contribution in [3.05, 3.63) is 12.2 Å². The van der Waals surface area contributed by atoms with E-state index in [1.165, 1.54) is 0 Å². The second kappa shape index (κ2) is 12.2. The van der Waals surface area contributed by atoms with Crippen LogP contribution in [0.1, 0.15) is 77.6 Å². The van der Waals surface area contributed by atoms with Gasteiger partial charge in [0.1, 0.15) is 5.78 Å². The van der Waals surface area contributed by atoms with Gasteiger partial charge in [-0.15, -0.1) is 0 Å². The fourth-order valence-electron chi connectivity index (χ4n) is 3.54. The summed E-state index contributed by atoms with van der Waals surface area (Å²) in [4.78, 5) is 22.5. The van der Waals surface area contributed by atoms with Crippen LogP contribution in [0.15, 0.2) is 12.2 Å². The number of Topliss-reactive ketones (excluding diaryl/α,β-unsaturated/α-hetero) is 1. The average molecular weight is 354 g/mol. The molecular weight excluding hydrogens is 320 g/mol. The quantitative estimate of drug-likeness (QED) is 0.348. The van der Waals surface area contributed by atoms with Crippen molar-refractivity contribution in [2.45, 2.75) is 89.8 Å². The van der Waals surface area contributed by atoms with Gasteiger partial charge in [0.25, 0.3) is 0 Å². The lowest BCUT2D eigenvalue weighted by Gasteiger charge is -2.18. The zero-order valence-electron chi connectivity index (χ0n) is 15.4. The number of carboxylic acid groups (broad SMARTS) is 1. The van der Waals surface area contributed by atoms with Gasteiger partial charge >= 0.3 is 5.97 Å². The molecule has 4 atom stereocenters. The lowest BCUT2D eigenvalue weighted by atomic mass is 9.88. The maximum absolute atomic E-state index is 12.1. The minimum atomic E-state index is -0.763. The van der Waals surface area contributed by atoms with Crippen molar-refractivity contribution in [2.24, 2.45) is 11.8 Å². The Morgan fingerprint density at radius 1 is 1.20 bits per heavy atom. The molecule has 25 heavy (non-hydrogen) atoms. The molecule has 0 aromatic heterocycles. The van der Waals surface area contributed by atoms with Crippen molar-refractivity contribution in [1.82, 2.24) is 0 Å². The Morgan fingerprint density at radius 3 is 2.60 bits per heavy atom. The minimum Gasteiger partial charge on any atom is -0.481 e. The largest absolute Gasteiger partial charge is 0.481 e. The predicted octanol–water partition coefficient (Wildman–Crippen LogP) is 3.48. The molecule has 1 aliphatic carbocycles. The van der Waals surface area contributed by atoms with Crippen LogP contribution in [-0.2, 0) is 9.59 Å². The SMILES string of the molecule is CCCCC[C@H]1C(=O)C[C@H](O)[C@H]1/C=C/[C@H](O)CCCCCCC(=O)O. The molecule has 3 N–H and O–H groups in total. The van der Waals surface area contributed by atoms with Crippen LogP contribution >= 0.6 is 0 Å². The molecule has 0 spiro atoms. The number of hydrogen-bond donors (Lipinski definition) is 3. The van der Waals surface area contributed by atoms with Crippen molar-refractivity contribution < 1.29 is 24.9 Å². The molecule has 0 aromatic carbocycles. The second-order valence-corrected chi connectivity index (χ2v) is 7.22. The fourth-order valence-corrected chi connectivity index (χ4v) is 3.54. The monoisotopic (exact) mass is 354 g/mol. The van der Waals surface area contributed by atoms with Gasteiger partial charge in [-0.3, -0.25) is 9.59 Å². The first-order valence-electron chi connectivity index (χ1n) is 9.74. The number of aliphatic carboxylic acids is 1. The van der Waals surface area contributed by atoms with Gasteiger partial charge in [0.2, 0.25) is 0 Å². The molecule has 1 saturated carbocycles. The summed E-state index contributed by atoms with van der Waals surface area (Å²) in [6, 6.07) is 0. The van der Waals surface area contributed by atoms with Crippen LogP contribution in [0.2, 0.25) is 0 Å². The number of aliphatic hydroxyl groups is 2. The summed E-state index contributed by atoms with van der Waals surface area (Å²) < 4.78 is 0. The van der Waals surface area contributed by atoms with E-state index in [9.17, 15) is 19.8 Å². The highest BCUT2D eigenvalue weighted by Crippen LogP contribution is 2.34. The first-order valence-corrected chi connectivity index (χ1v) is 9.74. The van der Waals surface area contributed by atoms with E-state index in [0.29, 0.717) is 12.8 Å². The molecule has 1 aliphatic rings. The summed E-state index contributed by atoms with van der Waals surface area (Å²) in [5.41, 5.74) is 0. The number of unbranched alkanes of at least 4 members (excludes halogenated alkanes) is 5. The molecule has 0 radical (unpaired) electrons. The molecule has 1 fully saturated rings. The Labute approximate surface area is 151 Å². The van der Waals surface area contributed by atoms with Crippen LogP contribution in [-0.4, -0.2) is 39.3 Å². The number of carboxylic acids is 1. The van der Waals surface area contributed by atoms with Crippen molar-refractivity contribution >= 4 is 11.8 Å². The number of ketones is 1. The smallest absolute Gasteiger partial charge is 0.303 e. The van der Waals surface area contributed by atoms with Crippen molar-refractivity contribution in [3.63, 3.8) is 0 Å². The third-order valence-electron chi connectivity index (χ3n) is 5.05. The summed E-state index contributed by atoms with van der Waals surface area (Å²) in [6.07, 6.45) is 10.7. The fraction of sp³-hybridized carbons (Fsp3) is 0.800. The molecule has 0 heterocycles. The molecule has 0 unspecified atom stereocenters. The predicted molar refractivity (Wildman–Crippen MR) is 97.2 cm³/mol. The highest BCUT2D eigenvalue weighted by molar-refractivity contribution is 5.84. The maximum atomic E-state index is 12.1. The molecule has 0 aromatic rings. The van der Waals surface area contributed by atoms with E-state index in [4.69, 9.17) is 5.11 Å². The third-order valence-corrected chi connectivity index (χ3v) is 5.05. The summed E-state index contributed by atoms with van der Waals surface area (Å²) in [5, 5.41) is 28.7. The van der Waals surface area contributed by atoms with Gasteiger partial charge in [-0.05, 0) is 19.3 Å². The summed E-state index contributed by atoms with van der Waals surface area (Å²) in [6.45, 7) is 2.13. The normalized spacial score (nSPS) is 24.9. The van der Waals surface area contributed by atoms with Crippen LogP contribution in [0.4, 0.5) is 0 Å². The van der Waals surface area contributed by atoms with E-state index in [-0.39, 0.29) is 30.5 Å². The Balaban J connectivity index is 2.33. The number of carbonyl (C=O) groups excluding carboxylic acids is 1. The molecule has 144 valence electrons. The zero-order valence-corrected chi connectivity index (χ0v) is 15.4. The Hall–Kier alpha value is -1.20. The first-order chi connectivity index (χ1) is 12.0. The van der Waals surface area contributed by atoms with Crippen LogP contribution in [0.3, 0.4) is 0 Å². The van der Waals surface area contributed by atoms with Crippen molar-refractivity contribution in [1.29, 1.82) is 0 Å². The summed E-state index contributed by atoms with van der Waals surface area (Å²) in [5.74, 6) is -0.900. The van der Waals surface area contributed by atoms with Gasteiger partial charge in [-0.1, -0.05) is 57.6 Å². The molecule has 0 bridgehead atoms. The van der Waals surface area contributed by atoms with Gasteiger partial charge < -0.3 is 15.3 Å². The molecule has 5 heteroatoms. The van der Waals surface area contributed by atoms with Crippen LogP contribution < -0.4 is 0 Å². The van der Waals surface area contributed by atoms with Crippen LogP contribution in [0, 0.1) is 11.8 Å². The van der Waals surface area contributed by atoms with Crippen molar-refractivity contribution in [2.75, 3.05) is 0 Å². The molecule has 0 saturated heterocycles. The Kier molecular flexibility index (Phi) is 10.7. The van der Waals surface area contributed by atoms with E-state index in [1.54, 1.807) is 6.08 Å². The van der Waals surface area contributed by atoms with Crippen LogP contribution in [0.25, 0.3) is 0 Å². The zero-order chi connectivity index (χ0) is 18.7. The molecule has 0 aliphatic heterocycles. The van der Waals surface area contributed by atoms with Gasteiger partial charge in [-0.2, -0.15) is 0 Å². The molecule has 5 nitrogen and oxygen atoms in total. The average Bonchev–Trinajstić information content (AvgIpc) is 2.82. The van der Waals surface area contributed by atoms with Crippen LogP contribution in [0.5, 0.6) is 0 Å². The molecule has 1 rings (SSSR count). The number of aliphatic hydroxyl groups excluding tert-OH is 2. The summed E-state index contributed by atoms with van der Waals surface area (Å²) >= 11 is 0. The van der Waals surface area contributed by atoms with Gasteiger partial charge in [0.15, 0.2) is 0 Å². The van der Waals surface area contributed by atoms with Gasteiger partial charge in [0, 0.05) is 24.7 Å². The van der Waals surface area contributed by atoms with Crippen molar-refractivity contribution in [3.8, 4) is 0 Å². The Morgan fingerprint density at radius 2 is 1.92 bits per heavy atom. The maximum Gasteiger partial charge on any atom is 0.303 e. The third kappa shape index (κ3) is 8.63. The molecular formula is C20H34O5. The van der Waals surface area contributed by atoms with E-state index < -0.39 is 18.2 Å². The van der Waals surface area contributed by atoms with Gasteiger partial charge in [0.05, 0.1) is 12.2 Å². The lowest BCUT2D eigenvalue weighted by molar-refractivity contribution is -0.137. The number of rotatable bonds is 13. The Bertz CT molecular complexity index is 432. The lowest BCUT2D eigenvalue weighted by Crippen LogP contribution is -2.19. The first kappa shape index (κ1) is 21.8.